The Balaban J connectivity index is 2.03. The first-order valence-electron chi connectivity index (χ1n) is 7.46. The molecule has 3 rings (SSSR count). The van der Waals surface area contributed by atoms with Crippen molar-refractivity contribution in [1.29, 1.82) is 0 Å². The van der Waals surface area contributed by atoms with Crippen LogP contribution in [0, 0.1) is 0 Å². The number of aryl methyl sites for hydroxylation is 1. The van der Waals surface area contributed by atoms with E-state index in [1.54, 1.807) is 7.11 Å². The third-order valence-corrected chi connectivity index (χ3v) is 3.78. The molecule has 5 nitrogen and oxygen atoms in total. The summed E-state index contributed by atoms with van der Waals surface area (Å²) in [5.74, 6) is 0.701. The number of hydrogen-bond donors (Lipinski definition) is 1. The van der Waals surface area contributed by atoms with Gasteiger partial charge in [-0.1, -0.05) is 30.3 Å². The maximum atomic E-state index is 10.9. The van der Waals surface area contributed by atoms with Gasteiger partial charge in [0.2, 0.25) is 0 Å². The van der Waals surface area contributed by atoms with E-state index in [-0.39, 0.29) is 6.42 Å². The quantitative estimate of drug-likeness (QED) is 0.760. The van der Waals surface area contributed by atoms with Crippen LogP contribution < -0.4 is 4.74 Å². The van der Waals surface area contributed by atoms with Gasteiger partial charge in [-0.2, -0.15) is 0 Å². The fourth-order valence-corrected chi connectivity index (χ4v) is 2.64. The van der Waals surface area contributed by atoms with Crippen LogP contribution in [-0.2, 0) is 17.8 Å². The summed E-state index contributed by atoms with van der Waals surface area (Å²) < 4.78 is 7.32. The second kappa shape index (κ2) is 6.52. The molecule has 0 atom stereocenters. The first kappa shape index (κ1) is 15.1. The minimum atomic E-state index is -0.819. The molecular formula is C18H18N2O3. The third-order valence-electron chi connectivity index (χ3n) is 3.78. The summed E-state index contributed by atoms with van der Waals surface area (Å²) in [6, 6.07) is 15.8. The maximum absolute atomic E-state index is 10.9. The van der Waals surface area contributed by atoms with Gasteiger partial charge >= 0.3 is 5.97 Å². The zero-order valence-electron chi connectivity index (χ0n) is 12.9. The Labute approximate surface area is 134 Å². The molecule has 0 fully saturated rings. The maximum Gasteiger partial charge on any atom is 0.303 e. The van der Waals surface area contributed by atoms with Gasteiger partial charge < -0.3 is 14.4 Å². The molecule has 1 heterocycles. The van der Waals surface area contributed by atoms with Gasteiger partial charge in [-0.25, -0.2) is 4.98 Å². The fourth-order valence-electron chi connectivity index (χ4n) is 2.64. The highest BCUT2D eigenvalue weighted by Gasteiger charge is 2.13. The molecule has 0 radical (unpaired) electrons. The topological polar surface area (TPSA) is 64.3 Å². The SMILES string of the molecule is COc1ccc2c(c1)nc(CCC(=O)O)n2Cc1ccccc1. The number of ether oxygens (including phenoxy) is 1. The second-order valence-electron chi connectivity index (χ2n) is 5.35. The molecule has 118 valence electrons. The zero-order valence-corrected chi connectivity index (χ0v) is 12.9. The summed E-state index contributed by atoms with van der Waals surface area (Å²) >= 11 is 0. The van der Waals surface area contributed by atoms with E-state index in [4.69, 9.17) is 9.84 Å². The number of benzene rings is 2. The predicted octanol–water partition coefficient (Wildman–Crippen LogP) is 3.11. The van der Waals surface area contributed by atoms with Crippen LogP contribution in [0.15, 0.2) is 48.5 Å². The van der Waals surface area contributed by atoms with E-state index >= 15 is 0 Å². The van der Waals surface area contributed by atoms with Crippen molar-refractivity contribution in [2.75, 3.05) is 7.11 Å². The van der Waals surface area contributed by atoms with Gasteiger partial charge in [0.1, 0.15) is 11.6 Å². The number of imidazole rings is 1. The summed E-state index contributed by atoms with van der Waals surface area (Å²) in [6.45, 7) is 0.665. The molecule has 0 bridgehead atoms. The number of carboxylic acids is 1. The molecule has 0 aliphatic heterocycles. The highest BCUT2D eigenvalue weighted by atomic mass is 16.5. The zero-order chi connectivity index (χ0) is 16.2. The first-order valence-corrected chi connectivity index (χ1v) is 7.46. The average Bonchev–Trinajstić information content (AvgIpc) is 2.90. The lowest BCUT2D eigenvalue weighted by Gasteiger charge is -2.09. The average molecular weight is 310 g/mol. The van der Waals surface area contributed by atoms with E-state index in [9.17, 15) is 4.79 Å². The number of carbonyl (C=O) groups is 1. The molecule has 0 saturated carbocycles. The summed E-state index contributed by atoms with van der Waals surface area (Å²) in [6.07, 6.45) is 0.467. The first-order chi connectivity index (χ1) is 11.2. The van der Waals surface area contributed by atoms with Crippen molar-refractivity contribution in [3.8, 4) is 5.75 Å². The van der Waals surface area contributed by atoms with Crippen molar-refractivity contribution in [3.05, 3.63) is 59.9 Å². The second-order valence-corrected chi connectivity index (χ2v) is 5.35. The Bertz CT molecular complexity index is 825. The summed E-state index contributed by atoms with van der Waals surface area (Å²) in [5.41, 5.74) is 2.95. The number of carboxylic acid groups (broad SMARTS) is 1. The molecule has 0 amide bonds. The number of hydrogen-bond acceptors (Lipinski definition) is 3. The summed E-state index contributed by atoms with van der Waals surface area (Å²) in [7, 11) is 1.62. The Morgan fingerprint density at radius 3 is 2.70 bits per heavy atom. The molecule has 3 aromatic rings. The highest BCUT2D eigenvalue weighted by Crippen LogP contribution is 2.23. The number of aliphatic carboxylic acids is 1. The normalized spacial score (nSPS) is 10.8. The van der Waals surface area contributed by atoms with Gasteiger partial charge in [0.15, 0.2) is 0 Å². The van der Waals surface area contributed by atoms with Crippen LogP contribution in [0.1, 0.15) is 17.8 Å². The minimum Gasteiger partial charge on any atom is -0.497 e. The molecular weight excluding hydrogens is 292 g/mol. The van der Waals surface area contributed by atoms with E-state index in [0.29, 0.717) is 13.0 Å². The van der Waals surface area contributed by atoms with Crippen molar-refractivity contribution in [2.45, 2.75) is 19.4 Å². The van der Waals surface area contributed by atoms with Crippen LogP contribution >= 0.6 is 0 Å². The van der Waals surface area contributed by atoms with Crippen LogP contribution in [-0.4, -0.2) is 27.7 Å². The Morgan fingerprint density at radius 2 is 2.00 bits per heavy atom. The number of methoxy groups -OCH3 is 1. The van der Waals surface area contributed by atoms with Crippen LogP contribution in [0.25, 0.3) is 11.0 Å². The van der Waals surface area contributed by atoms with Gasteiger partial charge in [-0.15, -0.1) is 0 Å². The molecule has 5 heteroatoms. The van der Waals surface area contributed by atoms with Crippen LogP contribution in [0.4, 0.5) is 0 Å². The van der Waals surface area contributed by atoms with Crippen molar-refractivity contribution in [1.82, 2.24) is 9.55 Å². The van der Waals surface area contributed by atoms with E-state index in [0.717, 1.165) is 28.2 Å². The fraction of sp³-hybridized carbons (Fsp3) is 0.222. The highest BCUT2D eigenvalue weighted by molar-refractivity contribution is 5.78. The lowest BCUT2D eigenvalue weighted by atomic mass is 10.2. The van der Waals surface area contributed by atoms with Gasteiger partial charge in [0.05, 0.1) is 24.6 Å². The third kappa shape index (κ3) is 3.34. The Kier molecular flexibility index (Phi) is 4.28. The van der Waals surface area contributed by atoms with E-state index in [1.165, 1.54) is 0 Å². The molecule has 23 heavy (non-hydrogen) atoms. The molecule has 0 saturated heterocycles. The largest absolute Gasteiger partial charge is 0.497 e. The van der Waals surface area contributed by atoms with Crippen LogP contribution in [0.5, 0.6) is 5.75 Å². The lowest BCUT2D eigenvalue weighted by Crippen LogP contribution is -2.07. The molecule has 0 aliphatic rings. The van der Waals surface area contributed by atoms with E-state index in [2.05, 4.69) is 21.7 Å². The molecule has 0 unspecified atom stereocenters. The number of nitrogens with zero attached hydrogens (tertiary/aromatic N) is 2. The molecule has 0 aliphatic carbocycles. The van der Waals surface area contributed by atoms with Gasteiger partial charge in [0, 0.05) is 19.0 Å². The van der Waals surface area contributed by atoms with Crippen molar-refractivity contribution in [2.24, 2.45) is 0 Å². The van der Waals surface area contributed by atoms with Crippen LogP contribution in [0.3, 0.4) is 0 Å². The van der Waals surface area contributed by atoms with E-state index < -0.39 is 5.97 Å². The van der Waals surface area contributed by atoms with Crippen molar-refractivity contribution >= 4 is 17.0 Å². The van der Waals surface area contributed by atoms with Gasteiger partial charge in [-0.05, 0) is 17.7 Å². The molecule has 0 spiro atoms. The monoisotopic (exact) mass is 310 g/mol. The number of fused-ring (bicyclic) bond motifs is 1. The van der Waals surface area contributed by atoms with Gasteiger partial charge in [0.25, 0.3) is 0 Å². The predicted molar refractivity (Wildman–Crippen MR) is 87.8 cm³/mol. The summed E-state index contributed by atoms with van der Waals surface area (Å²) in [5, 5.41) is 8.96. The molecule has 2 aromatic carbocycles. The van der Waals surface area contributed by atoms with Crippen molar-refractivity contribution < 1.29 is 14.6 Å². The smallest absolute Gasteiger partial charge is 0.303 e. The molecule has 1 N–H and O–H groups in total. The Morgan fingerprint density at radius 1 is 1.22 bits per heavy atom. The Hall–Kier alpha value is -2.82. The molecule has 1 aromatic heterocycles. The standard InChI is InChI=1S/C18H18N2O3/c1-23-14-7-8-16-15(11-14)19-17(9-10-18(21)22)20(16)12-13-5-3-2-4-6-13/h2-8,11H,9-10,12H2,1H3,(H,21,22). The van der Waals surface area contributed by atoms with E-state index in [1.807, 2.05) is 36.4 Å². The lowest BCUT2D eigenvalue weighted by molar-refractivity contribution is -0.137. The van der Waals surface area contributed by atoms with Crippen molar-refractivity contribution in [3.63, 3.8) is 0 Å². The minimum absolute atomic E-state index is 0.0647. The number of rotatable bonds is 6. The summed E-state index contributed by atoms with van der Waals surface area (Å²) in [4.78, 5) is 15.5. The van der Waals surface area contributed by atoms with Gasteiger partial charge in [-0.3, -0.25) is 4.79 Å². The number of aromatic nitrogens is 2. The van der Waals surface area contributed by atoms with Crippen LogP contribution in [0.2, 0.25) is 0 Å².